The van der Waals surface area contributed by atoms with E-state index in [2.05, 4.69) is 300 Å². The molecule has 0 N–H and O–H groups in total. The lowest BCUT2D eigenvalue weighted by molar-refractivity contribution is 0.471. The third-order valence-corrected chi connectivity index (χ3v) is 20.1. The summed E-state index contributed by atoms with van der Waals surface area (Å²) >= 11 is 5.10. The second-order valence-corrected chi connectivity index (χ2v) is 36.0. The highest BCUT2D eigenvalue weighted by atomic mass is 32.1. The second kappa shape index (κ2) is 70.7. The summed E-state index contributed by atoms with van der Waals surface area (Å²) < 4.78 is 16.8. The van der Waals surface area contributed by atoms with Crippen LogP contribution >= 0.6 is 34.0 Å². The predicted molar refractivity (Wildman–Crippen MR) is 533 cm³/mol. The van der Waals surface area contributed by atoms with Crippen molar-refractivity contribution in [3.05, 3.63) is 347 Å². The van der Waals surface area contributed by atoms with Crippen LogP contribution in [0.5, 0.6) is 0 Å². The first-order valence-electron chi connectivity index (χ1n) is 44.2. The molecule has 25 heteroatoms. The summed E-state index contributed by atoms with van der Waals surface area (Å²) in [5, 5.41) is 12.8. The number of pyridine rings is 5. The Kier molecular flexibility index (Phi) is 63.4. The zero-order valence-corrected chi connectivity index (χ0v) is 84.5. The van der Waals surface area contributed by atoms with Crippen LogP contribution < -0.4 is 0 Å². The number of rotatable bonds is 15. The Bertz CT molecular complexity index is 3870. The van der Waals surface area contributed by atoms with Gasteiger partial charge >= 0.3 is 0 Å². The van der Waals surface area contributed by atoms with E-state index in [0.717, 1.165) is 40.3 Å². The van der Waals surface area contributed by atoms with Gasteiger partial charge in [0.2, 0.25) is 0 Å². The van der Waals surface area contributed by atoms with Crippen molar-refractivity contribution in [2.24, 2.45) is 0 Å². The van der Waals surface area contributed by atoms with Crippen LogP contribution in [0, 0.1) is 0 Å². The summed E-state index contributed by atoms with van der Waals surface area (Å²) in [6.45, 7) is 63.8. The highest BCUT2D eigenvalue weighted by molar-refractivity contribution is 7.10. The van der Waals surface area contributed by atoms with Crippen LogP contribution in [-0.2, 0) is 0 Å². The Morgan fingerprint density at radius 3 is 1.09 bits per heavy atom. The molecule has 0 amide bonds. The van der Waals surface area contributed by atoms with Gasteiger partial charge < -0.3 is 17.8 Å². The molecular weight excluding hydrogens is 1650 g/mol. The molecule has 0 unspecified atom stereocenters. The fourth-order valence-electron chi connectivity index (χ4n) is 9.13. The minimum Gasteiger partial charge on any atom is -0.451 e. The minimum atomic E-state index is 0.407. The van der Waals surface area contributed by atoms with E-state index in [4.69, 9.17) is 13.3 Å². The van der Waals surface area contributed by atoms with E-state index >= 15 is 0 Å². The lowest BCUT2D eigenvalue weighted by Crippen LogP contribution is -1.95. The number of hydrogen-bond acceptors (Lipinski definition) is 24. The first-order valence-corrected chi connectivity index (χ1v) is 46.9. The van der Waals surface area contributed by atoms with E-state index in [0.29, 0.717) is 88.9 Å². The predicted octanol–water partition coefficient (Wildman–Crippen LogP) is 29.5. The summed E-state index contributed by atoms with van der Waals surface area (Å²) in [4.78, 5) is 65.6. The molecule has 0 fully saturated rings. The van der Waals surface area contributed by atoms with Gasteiger partial charge in [-0.05, 0) is 162 Å². The third kappa shape index (κ3) is 56.7. The van der Waals surface area contributed by atoms with Crippen molar-refractivity contribution in [3.63, 3.8) is 0 Å². The summed E-state index contributed by atoms with van der Waals surface area (Å²) in [5.41, 5.74) is 14.5. The fraction of sp³-hybridized carbons (Fsp3) is 0.437. The summed E-state index contributed by atoms with van der Waals surface area (Å²) in [7, 11) is 0. The van der Waals surface area contributed by atoms with Crippen molar-refractivity contribution in [1.82, 2.24) is 94.5 Å². The zero-order valence-electron chi connectivity index (χ0n) is 82.0. The monoisotopic (exact) mass is 1800 g/mol. The maximum Gasteiger partial charge on any atom is 0.196 e. The number of aromatic nitrogens is 19. The largest absolute Gasteiger partial charge is 0.451 e. The Labute approximate surface area is 779 Å². The quantitative estimate of drug-likeness (QED) is 0.0922. The lowest BCUT2D eigenvalue weighted by Gasteiger charge is -2.02. The number of thiazole rings is 3. The molecule has 0 aliphatic heterocycles. The first kappa shape index (κ1) is 115. The molecule has 0 aromatic carbocycles. The first-order chi connectivity index (χ1) is 61.1. The highest BCUT2D eigenvalue weighted by Crippen LogP contribution is 2.21. The Balaban J connectivity index is 0.000000686. The van der Waals surface area contributed by atoms with Gasteiger partial charge in [-0.3, -0.25) is 29.9 Å². The number of hydrogen-bond donors (Lipinski definition) is 0. The molecule has 128 heavy (non-hydrogen) atoms. The Morgan fingerprint density at radius 2 is 0.844 bits per heavy atom. The molecule has 0 spiro atoms. The number of imidazole rings is 1. The van der Waals surface area contributed by atoms with Gasteiger partial charge in [0, 0.05) is 162 Å². The molecule has 15 aromatic heterocycles. The molecule has 15 heterocycles. The molecule has 15 aromatic rings. The summed E-state index contributed by atoms with van der Waals surface area (Å²) in [5.74, 6) is 10.2. The van der Waals surface area contributed by atoms with Crippen molar-refractivity contribution in [1.29, 1.82) is 0 Å². The van der Waals surface area contributed by atoms with Gasteiger partial charge in [-0.1, -0.05) is 218 Å². The molecule has 0 aliphatic rings. The van der Waals surface area contributed by atoms with Gasteiger partial charge in [-0.15, -0.1) is 34.0 Å². The van der Waals surface area contributed by atoms with E-state index in [1.54, 1.807) is 102 Å². The molecule has 0 atom stereocenters. The van der Waals surface area contributed by atoms with Crippen molar-refractivity contribution < 1.29 is 13.3 Å². The van der Waals surface area contributed by atoms with Crippen molar-refractivity contribution >= 4 is 34.0 Å². The maximum absolute atomic E-state index is 4.98. The van der Waals surface area contributed by atoms with Crippen LogP contribution in [0.4, 0.5) is 0 Å². The topological polar surface area (TPSA) is 276 Å². The van der Waals surface area contributed by atoms with E-state index < -0.39 is 0 Å². The van der Waals surface area contributed by atoms with Gasteiger partial charge in [-0.25, -0.2) is 49.8 Å². The summed E-state index contributed by atoms with van der Waals surface area (Å²) in [6, 6.07) is 30.5. The molecule has 0 radical (unpaired) electrons. The molecule has 692 valence electrons. The number of nitrogens with zero attached hydrogens (tertiary/aromatic N) is 19. The highest BCUT2D eigenvalue weighted by Gasteiger charge is 2.06. The van der Waals surface area contributed by atoms with Crippen LogP contribution in [0.1, 0.15) is 375 Å². The second-order valence-electron chi connectivity index (χ2n) is 33.4. The van der Waals surface area contributed by atoms with E-state index in [-0.39, 0.29) is 0 Å². The minimum absolute atomic E-state index is 0.407. The molecule has 22 nitrogen and oxygen atoms in total. The Morgan fingerprint density at radius 1 is 0.305 bits per heavy atom. The average Bonchev–Trinajstić information content (AvgIpc) is 1.62. The molecular formula is C103H149N19O3S3. The van der Waals surface area contributed by atoms with Crippen LogP contribution in [0.25, 0.3) is 0 Å². The van der Waals surface area contributed by atoms with E-state index in [9.17, 15) is 0 Å². The molecule has 0 saturated heterocycles. The van der Waals surface area contributed by atoms with Gasteiger partial charge in [0.05, 0.1) is 52.3 Å². The van der Waals surface area contributed by atoms with Gasteiger partial charge in [0.15, 0.2) is 18.7 Å². The Hall–Kier alpha value is -11.3. The van der Waals surface area contributed by atoms with E-state index in [1.807, 2.05) is 190 Å². The van der Waals surface area contributed by atoms with E-state index in [1.165, 1.54) is 50.6 Å². The van der Waals surface area contributed by atoms with Crippen LogP contribution in [0.3, 0.4) is 0 Å². The standard InChI is InChI=1S/5C8H11N.3C7H10N2.C6H10N2.3C6H9NO.3C6H9NS/c1-7(2)8-3-5-9-6-4-8;1-7(2)8-4-3-5-9-6-8;3*1-7(2)8-5-3-4-6-9-8;1-6(2)7-3-8-5-9-4-7;1-6(2)7-3-4-8-9-5-7;1-6(2)7-8-4-3-5-9-7;1-6(2)8-4-3-7-5-8;1-5(2)6-3-8-4-7-6;1-5(2)6-3-7-4-8-6;1-5(2)6-7-3-4-8-6;1-5(2)6-3-8-4-7-6;1-5(2)6-3-7-4-8-6;1-5(2)6-7-3-4-8-6/h5*3-7H,1-2H3;3*3-6H,1-2H3;3-6H,1-2H3;6*3-5H,1-2H3. The van der Waals surface area contributed by atoms with Crippen LogP contribution in [0.2, 0.25) is 0 Å². The normalized spacial score (nSPS) is 10.2. The summed E-state index contributed by atoms with van der Waals surface area (Å²) in [6.07, 6.45) is 44.1. The van der Waals surface area contributed by atoms with Gasteiger partial charge in [0.25, 0.3) is 0 Å². The van der Waals surface area contributed by atoms with Gasteiger partial charge in [-0.2, -0.15) is 10.2 Å². The maximum atomic E-state index is 4.98. The van der Waals surface area contributed by atoms with Crippen molar-refractivity contribution in [2.75, 3.05) is 0 Å². The van der Waals surface area contributed by atoms with Crippen molar-refractivity contribution in [2.45, 2.75) is 297 Å². The fourth-order valence-corrected chi connectivity index (χ4v) is 11.1. The molecule has 15 rings (SSSR count). The van der Waals surface area contributed by atoms with Crippen LogP contribution in [0.15, 0.2) is 282 Å². The average molecular weight is 1800 g/mol. The molecule has 0 bridgehead atoms. The smallest absolute Gasteiger partial charge is 0.196 e. The van der Waals surface area contributed by atoms with Crippen LogP contribution in [-0.4, -0.2) is 94.5 Å². The van der Waals surface area contributed by atoms with Crippen molar-refractivity contribution in [3.8, 4) is 0 Å². The zero-order chi connectivity index (χ0) is 95.4. The molecule has 0 saturated carbocycles. The number of oxazole rings is 3. The SMILES string of the molecule is CC(C)c1ccccn1.CC(C)c1ccccn1.CC(C)c1ccccn1.CC(C)c1cccnc1.CC(C)c1ccncc1.CC(C)c1ccnnc1.CC(C)c1cncnc1.CC(C)c1cnco1.CC(C)c1cncs1.CC(C)c1cocn1.CC(C)c1cscn1.CC(C)c1ncccn1.CC(C)c1ncco1.CC(C)c1nccs1.CC(C)n1ccnc1. The third-order valence-electron chi connectivity index (χ3n) is 17.3. The lowest BCUT2D eigenvalue weighted by atomic mass is 10.1. The molecule has 0 aliphatic carbocycles. The van der Waals surface area contributed by atoms with Gasteiger partial charge in [0.1, 0.15) is 30.4 Å².